The standard InChI is InChI=1S/C15H20N3O2.C2F6NO4S2/c1-2-3-4-5-10-16-11-12-17(13-16)14-6-8-15(9-7-14)18(19)20;3-1(4,5)14(10,11)9-15(12,13)2(6,7)8/h6-9,11-13H,2-5,10H2,1H3;/q+1;-1. The molecule has 0 amide bonds. The molecule has 2 aromatic rings. The Labute approximate surface area is 196 Å². The first-order valence-corrected chi connectivity index (χ1v) is 12.5. The molecule has 0 atom stereocenters. The summed E-state index contributed by atoms with van der Waals surface area (Å²) in [6, 6.07) is 6.58. The molecular weight excluding hydrogens is 534 g/mol. The second-order valence-corrected chi connectivity index (χ2v) is 10.2. The zero-order valence-electron chi connectivity index (χ0n) is 17.9. The van der Waals surface area contributed by atoms with Gasteiger partial charge in [0.05, 0.1) is 11.5 Å². The van der Waals surface area contributed by atoms with Gasteiger partial charge in [0, 0.05) is 12.1 Å². The number of nitrogens with zero attached hydrogens (tertiary/aromatic N) is 4. The van der Waals surface area contributed by atoms with Crippen LogP contribution in [0.1, 0.15) is 32.6 Å². The lowest BCUT2D eigenvalue weighted by Gasteiger charge is -2.22. The normalized spacial score (nSPS) is 12.7. The Morgan fingerprint density at radius 3 is 1.89 bits per heavy atom. The Balaban J connectivity index is 0.000000367. The molecule has 0 N–H and O–H groups in total. The zero-order valence-corrected chi connectivity index (χ0v) is 19.5. The third-order valence-corrected chi connectivity index (χ3v) is 6.84. The van der Waals surface area contributed by atoms with E-state index in [1.165, 1.54) is 37.8 Å². The van der Waals surface area contributed by atoms with Crippen LogP contribution in [0.15, 0.2) is 43.0 Å². The van der Waals surface area contributed by atoms with Crippen molar-refractivity contribution >= 4 is 25.7 Å². The third-order valence-electron chi connectivity index (χ3n) is 4.10. The third kappa shape index (κ3) is 9.10. The molecule has 1 aromatic heterocycles. The van der Waals surface area contributed by atoms with Crippen LogP contribution in [0.4, 0.5) is 32.0 Å². The molecule has 0 radical (unpaired) electrons. The highest BCUT2D eigenvalue weighted by molar-refractivity contribution is 8.13. The number of benzene rings is 1. The average molecular weight is 554 g/mol. The smallest absolute Gasteiger partial charge is 0.421 e. The number of rotatable bonds is 9. The van der Waals surface area contributed by atoms with Crippen LogP contribution < -0.4 is 4.57 Å². The van der Waals surface area contributed by atoms with E-state index in [0.717, 1.165) is 16.4 Å². The van der Waals surface area contributed by atoms with Gasteiger partial charge in [-0.3, -0.25) is 10.1 Å². The summed E-state index contributed by atoms with van der Waals surface area (Å²) in [5.74, 6) is 0. The number of non-ortho nitro benzene ring substituents is 1. The minimum Gasteiger partial charge on any atom is -0.421 e. The van der Waals surface area contributed by atoms with Gasteiger partial charge < -0.3 is 4.13 Å². The molecule has 1 heterocycles. The lowest BCUT2D eigenvalue weighted by molar-refractivity contribution is -0.696. The van der Waals surface area contributed by atoms with E-state index in [-0.39, 0.29) is 10.6 Å². The van der Waals surface area contributed by atoms with Crippen LogP contribution >= 0.6 is 0 Å². The van der Waals surface area contributed by atoms with Crippen LogP contribution in [0.3, 0.4) is 0 Å². The molecule has 0 spiro atoms. The van der Waals surface area contributed by atoms with E-state index in [0.29, 0.717) is 0 Å². The molecule has 0 aliphatic carbocycles. The molecule has 1 aromatic carbocycles. The van der Waals surface area contributed by atoms with E-state index >= 15 is 0 Å². The van der Waals surface area contributed by atoms with Gasteiger partial charge >= 0.3 is 11.0 Å². The number of nitro benzene ring substituents is 1. The lowest BCUT2D eigenvalue weighted by atomic mass is 10.2. The van der Waals surface area contributed by atoms with E-state index in [1.807, 2.05) is 23.3 Å². The number of hydrogen-bond donors (Lipinski definition) is 0. The Bertz CT molecular complexity index is 1150. The molecule has 0 saturated heterocycles. The first kappa shape index (κ1) is 30.3. The van der Waals surface area contributed by atoms with Crippen molar-refractivity contribution in [3.8, 4) is 5.69 Å². The van der Waals surface area contributed by atoms with Crippen LogP contribution in [-0.4, -0.2) is 37.3 Å². The number of halogens is 6. The Kier molecular flexibility index (Phi) is 10.2. The van der Waals surface area contributed by atoms with Gasteiger partial charge in [-0.2, -0.15) is 26.3 Å². The van der Waals surface area contributed by atoms with Crippen molar-refractivity contribution in [3.63, 3.8) is 0 Å². The van der Waals surface area contributed by atoms with Gasteiger partial charge in [0.1, 0.15) is 18.1 Å². The summed E-state index contributed by atoms with van der Waals surface area (Å²) in [5.41, 5.74) is -11.4. The largest absolute Gasteiger partial charge is 0.480 e. The van der Waals surface area contributed by atoms with E-state index in [4.69, 9.17) is 0 Å². The van der Waals surface area contributed by atoms with Crippen LogP contribution in [-0.2, 0) is 26.6 Å². The van der Waals surface area contributed by atoms with Crippen LogP contribution in [0, 0.1) is 10.1 Å². The fourth-order valence-corrected chi connectivity index (χ4v) is 4.07. The summed E-state index contributed by atoms with van der Waals surface area (Å²) < 4.78 is 113. The fraction of sp³-hybridized carbons (Fsp3) is 0.471. The van der Waals surface area contributed by atoms with Crippen molar-refractivity contribution in [2.24, 2.45) is 0 Å². The number of aryl methyl sites for hydroxylation is 1. The molecule has 198 valence electrons. The first-order valence-electron chi connectivity index (χ1n) is 9.60. The predicted octanol–water partition coefficient (Wildman–Crippen LogP) is 4.31. The molecule has 0 saturated carbocycles. The Hall–Kier alpha value is -2.73. The minimum atomic E-state index is -6.72. The quantitative estimate of drug-likeness (QED) is 0.149. The summed E-state index contributed by atoms with van der Waals surface area (Å²) in [7, 11) is -13.4. The van der Waals surface area contributed by atoms with Gasteiger partial charge in [-0.15, -0.1) is 0 Å². The van der Waals surface area contributed by atoms with Crippen molar-refractivity contribution in [1.82, 2.24) is 4.57 Å². The van der Waals surface area contributed by atoms with Crippen LogP contribution in [0.25, 0.3) is 9.81 Å². The summed E-state index contributed by atoms with van der Waals surface area (Å²) in [6.45, 7) is 3.22. The monoisotopic (exact) mass is 554 g/mol. The van der Waals surface area contributed by atoms with Crippen molar-refractivity contribution in [1.29, 1.82) is 0 Å². The minimum absolute atomic E-state index is 0.119. The first-order chi connectivity index (χ1) is 15.9. The maximum Gasteiger partial charge on any atom is 0.480 e. The number of imidazole rings is 1. The van der Waals surface area contributed by atoms with E-state index < -0.39 is 31.1 Å². The molecule has 0 unspecified atom stereocenters. The highest BCUT2D eigenvalue weighted by Crippen LogP contribution is 2.36. The predicted molar refractivity (Wildman–Crippen MR) is 110 cm³/mol. The Morgan fingerprint density at radius 2 is 1.46 bits per heavy atom. The second kappa shape index (κ2) is 11.8. The van der Waals surface area contributed by atoms with E-state index in [9.17, 15) is 53.3 Å². The number of hydrogen-bond acceptors (Lipinski definition) is 6. The van der Waals surface area contributed by atoms with Crippen molar-refractivity contribution in [3.05, 3.63) is 57.2 Å². The van der Waals surface area contributed by atoms with Gasteiger partial charge in [0.2, 0.25) is 6.33 Å². The van der Waals surface area contributed by atoms with Gasteiger partial charge in [-0.1, -0.05) is 19.8 Å². The molecule has 0 aliphatic rings. The highest BCUT2D eigenvalue weighted by atomic mass is 32.3. The average Bonchev–Trinajstić information content (AvgIpc) is 3.18. The molecule has 2 rings (SSSR count). The van der Waals surface area contributed by atoms with E-state index in [1.54, 1.807) is 12.1 Å². The topological polar surface area (TPSA) is 134 Å². The van der Waals surface area contributed by atoms with Gasteiger partial charge in [-0.05, 0) is 25.0 Å². The lowest BCUT2D eigenvalue weighted by Crippen LogP contribution is -2.30. The summed E-state index contributed by atoms with van der Waals surface area (Å²) in [5, 5.41) is 10.6. The number of aromatic nitrogens is 2. The summed E-state index contributed by atoms with van der Waals surface area (Å²) >= 11 is 0. The van der Waals surface area contributed by atoms with Crippen LogP contribution in [0.5, 0.6) is 0 Å². The molecule has 0 bridgehead atoms. The molecule has 0 fully saturated rings. The van der Waals surface area contributed by atoms with Gasteiger partial charge in [-0.25, -0.2) is 26.0 Å². The maximum atomic E-state index is 11.4. The summed E-state index contributed by atoms with van der Waals surface area (Å²) in [6.07, 6.45) is 11.0. The maximum absolute atomic E-state index is 11.4. The van der Waals surface area contributed by atoms with Crippen LogP contribution in [0.2, 0.25) is 0 Å². The SMILES string of the molecule is CCCCCC[n+]1ccn(-c2ccc([N+](=O)[O-])cc2)c1.O=S(=O)([N-]S(=O)(=O)C(F)(F)F)C(F)(F)F. The van der Waals surface area contributed by atoms with Crippen molar-refractivity contribution in [2.45, 2.75) is 50.2 Å². The molecule has 10 nitrogen and oxygen atoms in total. The highest BCUT2D eigenvalue weighted by Gasteiger charge is 2.46. The zero-order chi connectivity index (χ0) is 27.1. The number of nitro groups is 1. The summed E-state index contributed by atoms with van der Waals surface area (Å²) in [4.78, 5) is 10.2. The molecule has 0 aliphatic heterocycles. The fourth-order valence-electron chi connectivity index (χ4n) is 2.36. The molecular formula is C17H20F6N4O6S2. The van der Waals surface area contributed by atoms with Crippen molar-refractivity contribution in [2.75, 3.05) is 0 Å². The van der Waals surface area contributed by atoms with E-state index in [2.05, 4.69) is 11.5 Å². The second-order valence-electron chi connectivity index (χ2n) is 6.81. The molecule has 18 heteroatoms. The number of alkyl halides is 6. The molecule has 35 heavy (non-hydrogen) atoms. The number of sulfonamides is 2. The van der Waals surface area contributed by atoms with Crippen molar-refractivity contribution < 1.29 is 52.7 Å². The number of unbranched alkanes of at least 4 members (excludes halogenated alkanes) is 3. The Morgan fingerprint density at radius 1 is 0.943 bits per heavy atom. The van der Waals surface area contributed by atoms with Gasteiger partial charge in [0.15, 0.2) is 20.0 Å². The van der Waals surface area contributed by atoms with Gasteiger partial charge in [0.25, 0.3) is 5.69 Å².